The number of para-hydroxylation sites is 1. The number of nitrogens with one attached hydrogen (secondary N) is 2. The topological polar surface area (TPSA) is 74.3 Å². The molecule has 2 N–H and O–H groups in total. The van der Waals surface area contributed by atoms with Gasteiger partial charge in [0.15, 0.2) is 0 Å². The number of thiazole rings is 1. The van der Waals surface area contributed by atoms with Crippen molar-refractivity contribution >= 4 is 33.5 Å². The molecule has 0 aliphatic carbocycles. The number of carbonyl (C=O) groups excluding carboxylic acids is 2. The van der Waals surface area contributed by atoms with Crippen molar-refractivity contribution in [2.75, 3.05) is 13.6 Å². The predicted molar refractivity (Wildman–Crippen MR) is 90.3 cm³/mol. The molecule has 122 valence electrons. The van der Waals surface area contributed by atoms with Crippen molar-refractivity contribution in [2.24, 2.45) is 0 Å². The van der Waals surface area contributed by atoms with E-state index in [1.165, 1.54) is 0 Å². The lowest BCUT2D eigenvalue weighted by molar-refractivity contribution is -0.122. The molecule has 0 spiro atoms. The van der Waals surface area contributed by atoms with E-state index in [0.717, 1.165) is 28.1 Å². The first kappa shape index (κ1) is 15.7. The summed E-state index contributed by atoms with van der Waals surface area (Å²) in [4.78, 5) is 30.3. The molecule has 1 aromatic carbocycles. The maximum absolute atomic E-state index is 12.3. The number of amides is 3. The van der Waals surface area contributed by atoms with E-state index in [0.29, 0.717) is 19.5 Å². The molecule has 0 bridgehead atoms. The summed E-state index contributed by atoms with van der Waals surface area (Å²) in [6, 6.07) is 7.23. The third-order valence-electron chi connectivity index (χ3n) is 3.89. The highest BCUT2D eigenvalue weighted by Crippen LogP contribution is 2.22. The molecule has 6 nitrogen and oxygen atoms in total. The lowest BCUT2D eigenvalue weighted by Crippen LogP contribution is -2.49. The second kappa shape index (κ2) is 6.95. The van der Waals surface area contributed by atoms with Crippen molar-refractivity contribution < 1.29 is 9.59 Å². The molecule has 1 atom stereocenters. The van der Waals surface area contributed by atoms with E-state index in [2.05, 4.69) is 15.6 Å². The number of aromatic nitrogens is 1. The average molecular weight is 332 g/mol. The first-order valence-corrected chi connectivity index (χ1v) is 8.59. The van der Waals surface area contributed by atoms with Crippen molar-refractivity contribution in [3.63, 3.8) is 0 Å². The SMILES string of the molecule is CN(Cc1nc2ccccc2s1)C(=O)NC1CCCCNC1=O. The van der Waals surface area contributed by atoms with E-state index < -0.39 is 6.04 Å². The van der Waals surface area contributed by atoms with Gasteiger partial charge >= 0.3 is 6.03 Å². The lowest BCUT2D eigenvalue weighted by atomic mass is 10.1. The van der Waals surface area contributed by atoms with Gasteiger partial charge in [0.1, 0.15) is 11.0 Å². The van der Waals surface area contributed by atoms with Crippen LogP contribution in [0.2, 0.25) is 0 Å². The maximum Gasteiger partial charge on any atom is 0.318 e. The third-order valence-corrected chi connectivity index (χ3v) is 4.91. The molecule has 0 radical (unpaired) electrons. The van der Waals surface area contributed by atoms with Gasteiger partial charge in [-0.2, -0.15) is 0 Å². The molecule has 1 fully saturated rings. The van der Waals surface area contributed by atoms with Crippen LogP contribution in [0.3, 0.4) is 0 Å². The summed E-state index contributed by atoms with van der Waals surface area (Å²) >= 11 is 1.58. The molecule has 7 heteroatoms. The van der Waals surface area contributed by atoms with Gasteiger partial charge in [0.2, 0.25) is 5.91 Å². The highest BCUT2D eigenvalue weighted by molar-refractivity contribution is 7.18. The van der Waals surface area contributed by atoms with Crippen LogP contribution in [0.25, 0.3) is 10.2 Å². The molecule has 23 heavy (non-hydrogen) atoms. The van der Waals surface area contributed by atoms with Gasteiger partial charge in [0, 0.05) is 13.6 Å². The van der Waals surface area contributed by atoms with Crippen LogP contribution in [0, 0.1) is 0 Å². The van der Waals surface area contributed by atoms with Crippen LogP contribution < -0.4 is 10.6 Å². The summed E-state index contributed by atoms with van der Waals surface area (Å²) in [6.45, 7) is 1.12. The lowest BCUT2D eigenvalue weighted by Gasteiger charge is -2.21. The Kier molecular flexibility index (Phi) is 4.76. The van der Waals surface area contributed by atoms with Gasteiger partial charge in [-0.25, -0.2) is 9.78 Å². The van der Waals surface area contributed by atoms with E-state index in [9.17, 15) is 9.59 Å². The summed E-state index contributed by atoms with van der Waals surface area (Å²) in [5.74, 6) is -0.0933. The standard InChI is InChI=1S/C16H20N4O2S/c1-20(10-14-18-11-6-2-3-8-13(11)23-14)16(22)19-12-7-4-5-9-17-15(12)21/h2-3,6,8,12H,4-5,7,9-10H2,1H3,(H,17,21)(H,19,22). The first-order valence-electron chi connectivity index (χ1n) is 7.77. The Morgan fingerprint density at radius 1 is 1.43 bits per heavy atom. The third kappa shape index (κ3) is 3.79. The number of hydrogen-bond acceptors (Lipinski definition) is 4. The number of nitrogens with zero attached hydrogens (tertiary/aromatic N) is 2. The fourth-order valence-electron chi connectivity index (χ4n) is 2.60. The van der Waals surface area contributed by atoms with Crippen molar-refractivity contribution in [1.29, 1.82) is 0 Å². The molecule has 1 saturated heterocycles. The van der Waals surface area contributed by atoms with E-state index in [1.807, 2.05) is 24.3 Å². The number of benzene rings is 1. The van der Waals surface area contributed by atoms with Gasteiger partial charge in [0.05, 0.1) is 16.8 Å². The summed E-state index contributed by atoms with van der Waals surface area (Å²) in [6.07, 6.45) is 2.58. The average Bonchev–Trinajstić information content (AvgIpc) is 2.84. The van der Waals surface area contributed by atoms with Gasteiger partial charge < -0.3 is 15.5 Å². The second-order valence-electron chi connectivity index (χ2n) is 5.72. The molecule has 0 saturated carbocycles. The fraction of sp³-hybridized carbons (Fsp3) is 0.438. The smallest absolute Gasteiger partial charge is 0.318 e. The zero-order valence-corrected chi connectivity index (χ0v) is 13.9. The molecular formula is C16H20N4O2S. The normalized spacial score (nSPS) is 18.3. The van der Waals surface area contributed by atoms with Crippen LogP contribution in [0.4, 0.5) is 4.79 Å². The minimum absolute atomic E-state index is 0.0933. The van der Waals surface area contributed by atoms with Gasteiger partial charge in [-0.1, -0.05) is 12.1 Å². The van der Waals surface area contributed by atoms with E-state index in [4.69, 9.17) is 0 Å². The molecule has 1 aliphatic rings. The molecule has 3 rings (SSSR count). The number of hydrogen-bond donors (Lipinski definition) is 2. The first-order chi connectivity index (χ1) is 11.1. The summed E-state index contributed by atoms with van der Waals surface area (Å²) in [7, 11) is 1.72. The Hall–Kier alpha value is -2.15. The number of carbonyl (C=O) groups is 2. The van der Waals surface area contributed by atoms with Crippen LogP contribution in [-0.4, -0.2) is 41.5 Å². The fourth-order valence-corrected chi connectivity index (χ4v) is 3.62. The van der Waals surface area contributed by atoms with Gasteiger partial charge in [0.25, 0.3) is 0 Å². The minimum Gasteiger partial charge on any atom is -0.354 e. The molecule has 3 amide bonds. The van der Waals surface area contributed by atoms with Crippen molar-refractivity contribution in [3.8, 4) is 0 Å². The quantitative estimate of drug-likeness (QED) is 0.904. The molecular weight excluding hydrogens is 312 g/mol. The molecule has 2 heterocycles. The summed E-state index contributed by atoms with van der Waals surface area (Å²) in [5, 5.41) is 6.52. The van der Waals surface area contributed by atoms with Gasteiger partial charge in [-0.15, -0.1) is 11.3 Å². The summed E-state index contributed by atoms with van der Waals surface area (Å²) < 4.78 is 1.11. The zero-order valence-electron chi connectivity index (χ0n) is 13.0. The minimum atomic E-state index is -0.442. The number of rotatable bonds is 3. The largest absolute Gasteiger partial charge is 0.354 e. The van der Waals surface area contributed by atoms with E-state index in [1.54, 1.807) is 23.3 Å². The number of urea groups is 1. The highest BCUT2D eigenvalue weighted by atomic mass is 32.1. The van der Waals surface area contributed by atoms with Gasteiger partial charge in [-0.05, 0) is 31.4 Å². The van der Waals surface area contributed by atoms with Crippen molar-refractivity contribution in [2.45, 2.75) is 31.8 Å². The molecule has 1 aliphatic heterocycles. The van der Waals surface area contributed by atoms with Crippen LogP contribution in [-0.2, 0) is 11.3 Å². The highest BCUT2D eigenvalue weighted by Gasteiger charge is 2.24. The van der Waals surface area contributed by atoms with Gasteiger partial charge in [-0.3, -0.25) is 4.79 Å². The van der Waals surface area contributed by atoms with Crippen LogP contribution in [0.15, 0.2) is 24.3 Å². The van der Waals surface area contributed by atoms with Crippen LogP contribution in [0.5, 0.6) is 0 Å². The molecule has 1 unspecified atom stereocenters. The molecule has 2 aromatic rings. The summed E-state index contributed by atoms with van der Waals surface area (Å²) in [5.41, 5.74) is 0.949. The monoisotopic (exact) mass is 332 g/mol. The van der Waals surface area contributed by atoms with Crippen molar-refractivity contribution in [3.05, 3.63) is 29.3 Å². The van der Waals surface area contributed by atoms with Crippen LogP contribution >= 0.6 is 11.3 Å². The van der Waals surface area contributed by atoms with Crippen molar-refractivity contribution in [1.82, 2.24) is 20.5 Å². The Morgan fingerprint density at radius 3 is 3.09 bits per heavy atom. The van der Waals surface area contributed by atoms with E-state index >= 15 is 0 Å². The maximum atomic E-state index is 12.3. The van der Waals surface area contributed by atoms with E-state index in [-0.39, 0.29) is 11.9 Å². The predicted octanol–water partition coefficient (Wildman–Crippen LogP) is 2.11. The zero-order chi connectivity index (χ0) is 16.2. The number of fused-ring (bicyclic) bond motifs is 1. The van der Waals surface area contributed by atoms with Crippen LogP contribution in [0.1, 0.15) is 24.3 Å². The Balaban J connectivity index is 1.61. The Morgan fingerprint density at radius 2 is 2.26 bits per heavy atom. The Labute approximate surface area is 138 Å². The second-order valence-corrected chi connectivity index (χ2v) is 6.84. The Bertz CT molecular complexity index is 682. The molecule has 1 aromatic heterocycles.